The van der Waals surface area contributed by atoms with Gasteiger partial charge in [-0.15, -0.1) is 13.2 Å². The Kier molecular flexibility index (Phi) is 2.74. The summed E-state index contributed by atoms with van der Waals surface area (Å²) in [6, 6.07) is 1.02. The summed E-state index contributed by atoms with van der Waals surface area (Å²) in [6.45, 7) is 0. The largest absolute Gasteiger partial charge is 0.573 e. The molecule has 0 aromatic carbocycles. The van der Waals surface area contributed by atoms with Crippen molar-refractivity contribution in [3.63, 3.8) is 0 Å². The predicted molar refractivity (Wildman–Crippen MR) is 35.6 cm³/mol. The second-order valence-electron chi connectivity index (χ2n) is 2.26. The van der Waals surface area contributed by atoms with E-state index in [1.165, 1.54) is 0 Å². The smallest absolute Gasteiger partial charge is 0.401 e. The van der Waals surface area contributed by atoms with Gasteiger partial charge in [-0.2, -0.15) is 9.65 Å². The van der Waals surface area contributed by atoms with Crippen LogP contribution in [0.2, 0.25) is 0 Å². The zero-order valence-electron chi connectivity index (χ0n) is 6.77. The minimum absolute atomic E-state index is 0.192. The van der Waals surface area contributed by atoms with Crippen molar-refractivity contribution in [2.75, 3.05) is 0 Å². The number of nitriles is 1. The Balaban J connectivity index is 3.28. The molecule has 0 aliphatic rings. The monoisotopic (exact) mass is 224 g/mol. The molecule has 3 nitrogen and oxygen atoms in total. The van der Waals surface area contributed by atoms with E-state index in [-0.39, 0.29) is 6.20 Å². The molecule has 1 aromatic heterocycles. The van der Waals surface area contributed by atoms with E-state index in [2.05, 4.69) is 9.72 Å². The molecule has 80 valence electrons. The van der Waals surface area contributed by atoms with Crippen molar-refractivity contribution in [1.29, 1.82) is 5.26 Å². The van der Waals surface area contributed by atoms with Crippen LogP contribution in [0.25, 0.3) is 0 Å². The van der Waals surface area contributed by atoms with E-state index in [9.17, 15) is 22.0 Å². The molecule has 1 heterocycles. The number of alkyl halides is 3. The summed E-state index contributed by atoms with van der Waals surface area (Å²) in [4.78, 5) is 2.73. The number of pyridine rings is 1. The maximum Gasteiger partial charge on any atom is 0.573 e. The van der Waals surface area contributed by atoms with Crippen molar-refractivity contribution >= 4 is 0 Å². The summed E-state index contributed by atoms with van der Waals surface area (Å²) < 4.78 is 63.7. The van der Waals surface area contributed by atoms with E-state index >= 15 is 0 Å². The lowest BCUT2D eigenvalue weighted by Gasteiger charge is -2.10. The van der Waals surface area contributed by atoms with E-state index in [1.807, 2.05) is 0 Å². The Bertz CT molecular complexity index is 423. The molecular formula is C7HF5N2O. The van der Waals surface area contributed by atoms with Crippen LogP contribution in [0.4, 0.5) is 22.0 Å². The van der Waals surface area contributed by atoms with Gasteiger partial charge < -0.3 is 4.74 Å². The van der Waals surface area contributed by atoms with Gasteiger partial charge in [-0.25, -0.2) is 9.37 Å². The Labute approximate surface area is 79.7 Å². The van der Waals surface area contributed by atoms with E-state index in [1.54, 1.807) is 0 Å². The zero-order valence-corrected chi connectivity index (χ0v) is 6.77. The molecule has 0 spiro atoms. The van der Waals surface area contributed by atoms with E-state index in [0.29, 0.717) is 0 Å². The quantitative estimate of drug-likeness (QED) is 0.542. The first-order chi connectivity index (χ1) is 6.85. The topological polar surface area (TPSA) is 45.9 Å². The van der Waals surface area contributed by atoms with Crippen molar-refractivity contribution in [3.8, 4) is 11.8 Å². The fourth-order valence-corrected chi connectivity index (χ4v) is 0.762. The Morgan fingerprint density at radius 1 is 1.33 bits per heavy atom. The molecule has 0 aliphatic heterocycles. The fraction of sp³-hybridized carbons (Fsp3) is 0.143. The van der Waals surface area contributed by atoms with E-state index < -0.39 is 29.4 Å². The molecule has 1 rings (SSSR count). The lowest BCUT2D eigenvalue weighted by atomic mass is 10.2. The summed E-state index contributed by atoms with van der Waals surface area (Å²) >= 11 is 0. The highest BCUT2D eigenvalue weighted by Crippen LogP contribution is 2.29. The summed E-state index contributed by atoms with van der Waals surface area (Å²) in [5, 5.41) is 8.28. The average molecular weight is 224 g/mol. The molecule has 0 fully saturated rings. The molecule has 0 saturated carbocycles. The van der Waals surface area contributed by atoms with Crippen LogP contribution in [-0.2, 0) is 0 Å². The van der Waals surface area contributed by atoms with Gasteiger partial charge in [0.1, 0.15) is 6.07 Å². The Morgan fingerprint density at radius 2 is 1.93 bits per heavy atom. The van der Waals surface area contributed by atoms with Gasteiger partial charge >= 0.3 is 6.36 Å². The van der Waals surface area contributed by atoms with Gasteiger partial charge in [0.15, 0.2) is 17.1 Å². The van der Waals surface area contributed by atoms with Crippen LogP contribution in [0.5, 0.6) is 5.75 Å². The number of hydrogen-bond acceptors (Lipinski definition) is 3. The number of aromatic nitrogens is 1. The summed E-state index contributed by atoms with van der Waals surface area (Å²) in [6.07, 6.45) is -5.02. The lowest BCUT2D eigenvalue weighted by Crippen LogP contribution is -2.19. The molecule has 0 N–H and O–H groups in total. The molecule has 0 atom stereocenters. The molecule has 0 aliphatic carbocycles. The highest BCUT2D eigenvalue weighted by molar-refractivity contribution is 5.42. The number of nitrogens with zero attached hydrogens (tertiary/aromatic N) is 2. The van der Waals surface area contributed by atoms with Gasteiger partial charge in [0, 0.05) is 0 Å². The lowest BCUT2D eigenvalue weighted by molar-refractivity contribution is -0.275. The molecular weight excluding hydrogens is 223 g/mol. The third-order valence-electron chi connectivity index (χ3n) is 1.27. The van der Waals surface area contributed by atoms with Crippen LogP contribution in [0, 0.1) is 23.1 Å². The van der Waals surface area contributed by atoms with Gasteiger partial charge in [0.05, 0.1) is 6.20 Å². The Hall–Kier alpha value is -1.91. The van der Waals surface area contributed by atoms with Crippen LogP contribution in [0.1, 0.15) is 5.56 Å². The van der Waals surface area contributed by atoms with Crippen molar-refractivity contribution in [1.82, 2.24) is 4.98 Å². The highest BCUT2D eigenvalue weighted by atomic mass is 19.4. The molecule has 15 heavy (non-hydrogen) atoms. The fourth-order valence-electron chi connectivity index (χ4n) is 0.762. The van der Waals surface area contributed by atoms with Crippen molar-refractivity contribution < 1.29 is 26.7 Å². The van der Waals surface area contributed by atoms with Gasteiger partial charge in [-0.05, 0) is 0 Å². The predicted octanol–water partition coefficient (Wildman–Crippen LogP) is 2.13. The van der Waals surface area contributed by atoms with Crippen LogP contribution in [0.15, 0.2) is 6.20 Å². The maximum absolute atomic E-state index is 12.7. The molecule has 0 unspecified atom stereocenters. The van der Waals surface area contributed by atoms with Gasteiger partial charge in [0.2, 0.25) is 5.95 Å². The first-order valence-electron chi connectivity index (χ1n) is 3.35. The van der Waals surface area contributed by atoms with Crippen LogP contribution >= 0.6 is 0 Å². The van der Waals surface area contributed by atoms with E-state index in [0.717, 1.165) is 6.07 Å². The zero-order chi connectivity index (χ0) is 11.6. The normalized spacial score (nSPS) is 10.9. The second kappa shape index (κ2) is 3.68. The molecule has 1 aromatic rings. The summed E-state index contributed by atoms with van der Waals surface area (Å²) in [5.74, 6) is -4.61. The van der Waals surface area contributed by atoms with Gasteiger partial charge in [0.25, 0.3) is 0 Å². The molecule has 0 saturated heterocycles. The van der Waals surface area contributed by atoms with Gasteiger partial charge in [-0.3, -0.25) is 0 Å². The van der Waals surface area contributed by atoms with Crippen LogP contribution in [-0.4, -0.2) is 11.3 Å². The van der Waals surface area contributed by atoms with Gasteiger partial charge in [-0.1, -0.05) is 0 Å². The second-order valence-corrected chi connectivity index (χ2v) is 2.26. The highest BCUT2D eigenvalue weighted by Gasteiger charge is 2.34. The third kappa shape index (κ3) is 2.52. The number of halogens is 5. The maximum atomic E-state index is 12.7. The minimum Gasteiger partial charge on any atom is -0.401 e. The molecule has 0 bridgehead atoms. The van der Waals surface area contributed by atoms with Crippen molar-refractivity contribution in [3.05, 3.63) is 23.5 Å². The number of rotatable bonds is 1. The summed E-state index contributed by atoms with van der Waals surface area (Å²) in [5.41, 5.74) is -1.23. The average Bonchev–Trinajstić information content (AvgIpc) is 2.10. The SMILES string of the molecule is N#Cc1c(F)ncc(F)c1OC(F)(F)F. The molecule has 8 heteroatoms. The standard InChI is InChI=1S/C7HF5N2O/c8-4-2-14-6(9)3(1-13)5(4)15-7(10,11)12/h2H. The first-order valence-corrected chi connectivity index (χ1v) is 3.35. The van der Waals surface area contributed by atoms with Crippen LogP contribution in [0.3, 0.4) is 0 Å². The Morgan fingerprint density at radius 3 is 2.40 bits per heavy atom. The molecule has 0 radical (unpaired) electrons. The molecule has 0 amide bonds. The van der Waals surface area contributed by atoms with Crippen molar-refractivity contribution in [2.24, 2.45) is 0 Å². The van der Waals surface area contributed by atoms with Crippen LogP contribution < -0.4 is 4.74 Å². The van der Waals surface area contributed by atoms with E-state index in [4.69, 9.17) is 5.26 Å². The number of ether oxygens (including phenoxy) is 1. The minimum atomic E-state index is -5.21. The third-order valence-corrected chi connectivity index (χ3v) is 1.27. The summed E-state index contributed by atoms with van der Waals surface area (Å²) in [7, 11) is 0. The first kappa shape index (κ1) is 11.2. The van der Waals surface area contributed by atoms with Crippen molar-refractivity contribution in [2.45, 2.75) is 6.36 Å². The number of hydrogen-bond donors (Lipinski definition) is 0.